The molecule has 0 radical (unpaired) electrons. The van der Waals surface area contributed by atoms with Gasteiger partial charge in [-0.25, -0.2) is 4.98 Å². The number of hydrogen-bond acceptors (Lipinski definition) is 6. The summed E-state index contributed by atoms with van der Waals surface area (Å²) in [7, 11) is 0. The third-order valence-corrected chi connectivity index (χ3v) is 6.88. The van der Waals surface area contributed by atoms with Crippen molar-refractivity contribution < 1.29 is 32.3 Å². The second kappa shape index (κ2) is 12.0. The summed E-state index contributed by atoms with van der Waals surface area (Å²) >= 11 is 6.33. The summed E-state index contributed by atoms with van der Waals surface area (Å²) in [5, 5.41) is 7.83. The molecule has 0 unspecified atom stereocenters. The molecule has 206 valence electrons. The maximum atomic E-state index is 12.9. The van der Waals surface area contributed by atoms with Crippen molar-refractivity contribution in [3.05, 3.63) is 40.9 Å². The van der Waals surface area contributed by atoms with Crippen LogP contribution in [-0.2, 0) is 9.53 Å². The Morgan fingerprint density at radius 1 is 1.11 bits per heavy atom. The largest absolute Gasteiger partial charge is 0.405 e. The monoisotopic (exact) mass is 556 g/mol. The van der Waals surface area contributed by atoms with E-state index in [4.69, 9.17) is 16.3 Å². The highest BCUT2D eigenvalue weighted by atomic mass is 35.5. The molecule has 0 bridgehead atoms. The van der Waals surface area contributed by atoms with Gasteiger partial charge >= 0.3 is 6.18 Å². The highest BCUT2D eigenvalue weighted by Gasteiger charge is 2.31. The molecule has 4 rings (SSSR count). The second-order valence-electron chi connectivity index (χ2n) is 9.20. The first kappa shape index (κ1) is 27.7. The highest BCUT2D eigenvalue weighted by molar-refractivity contribution is 6.33. The lowest BCUT2D eigenvalue weighted by Gasteiger charge is -2.30. The number of imidazole rings is 1. The first-order valence-corrected chi connectivity index (χ1v) is 12.6. The number of halogens is 4. The number of aromatic nitrogens is 2. The first-order chi connectivity index (χ1) is 18.1. The Morgan fingerprint density at radius 3 is 2.50 bits per heavy atom. The van der Waals surface area contributed by atoms with Crippen molar-refractivity contribution in [2.24, 2.45) is 5.92 Å². The average molecular weight is 557 g/mol. The SMILES string of the molecule is O=C(NC1CCC(C(=O)Nc2cc(N3CCOCC3)ccc2Cl)CC1)c1nc[nH]c1C(=O)NCC(F)(F)F. The van der Waals surface area contributed by atoms with Crippen LogP contribution in [0.3, 0.4) is 0 Å². The van der Waals surface area contributed by atoms with Crippen LogP contribution in [0.25, 0.3) is 0 Å². The maximum Gasteiger partial charge on any atom is 0.405 e. The van der Waals surface area contributed by atoms with Gasteiger partial charge in [-0.3, -0.25) is 14.4 Å². The van der Waals surface area contributed by atoms with Gasteiger partial charge in [0.05, 0.1) is 30.3 Å². The molecule has 2 fully saturated rings. The highest BCUT2D eigenvalue weighted by Crippen LogP contribution is 2.31. The molecule has 2 aromatic rings. The predicted octanol–water partition coefficient (Wildman–Crippen LogP) is 3.12. The van der Waals surface area contributed by atoms with Crippen LogP contribution in [0.4, 0.5) is 24.5 Å². The summed E-state index contributed by atoms with van der Waals surface area (Å²) in [6.07, 6.45) is -1.48. The van der Waals surface area contributed by atoms with Gasteiger partial charge in [0.15, 0.2) is 5.69 Å². The topological polar surface area (TPSA) is 128 Å². The Bertz CT molecular complexity index is 1160. The van der Waals surface area contributed by atoms with Gasteiger partial charge < -0.3 is 30.6 Å². The molecule has 3 amide bonds. The summed E-state index contributed by atoms with van der Waals surface area (Å²) < 4.78 is 42.6. The third kappa shape index (κ3) is 7.16. The molecule has 10 nitrogen and oxygen atoms in total. The number of ether oxygens (including phenoxy) is 1. The third-order valence-electron chi connectivity index (χ3n) is 6.55. The lowest BCUT2D eigenvalue weighted by Crippen LogP contribution is -2.41. The molecule has 14 heteroatoms. The van der Waals surface area contributed by atoms with E-state index in [1.54, 1.807) is 11.4 Å². The number of amides is 3. The number of morpholine rings is 1. The molecular formula is C24H28ClF3N6O4. The number of aromatic amines is 1. The van der Waals surface area contributed by atoms with E-state index in [2.05, 4.69) is 25.5 Å². The molecule has 1 aromatic carbocycles. The summed E-state index contributed by atoms with van der Waals surface area (Å²) in [6, 6.07) is 5.23. The Hall–Kier alpha value is -3.32. The fourth-order valence-electron chi connectivity index (χ4n) is 4.52. The van der Waals surface area contributed by atoms with Gasteiger partial charge in [0.2, 0.25) is 5.91 Å². The van der Waals surface area contributed by atoms with Gasteiger partial charge in [-0.1, -0.05) is 11.6 Å². The first-order valence-electron chi connectivity index (χ1n) is 12.2. The van der Waals surface area contributed by atoms with Gasteiger partial charge in [-0.05, 0) is 43.9 Å². The van der Waals surface area contributed by atoms with Gasteiger partial charge in [0.1, 0.15) is 12.2 Å². The number of anilines is 2. The molecule has 2 aliphatic rings. The fourth-order valence-corrected chi connectivity index (χ4v) is 4.69. The number of hydrogen-bond donors (Lipinski definition) is 4. The van der Waals surface area contributed by atoms with Gasteiger partial charge in [0, 0.05) is 30.7 Å². The van der Waals surface area contributed by atoms with Crippen molar-refractivity contribution in [2.45, 2.75) is 37.9 Å². The number of benzene rings is 1. The molecule has 1 saturated heterocycles. The number of alkyl halides is 3. The molecule has 0 spiro atoms. The zero-order valence-electron chi connectivity index (χ0n) is 20.4. The van der Waals surface area contributed by atoms with E-state index in [1.807, 2.05) is 12.1 Å². The zero-order chi connectivity index (χ0) is 27.3. The lowest BCUT2D eigenvalue weighted by atomic mass is 9.85. The van der Waals surface area contributed by atoms with Crippen LogP contribution in [0.1, 0.15) is 46.7 Å². The van der Waals surface area contributed by atoms with Crippen molar-refractivity contribution in [3.8, 4) is 0 Å². The lowest BCUT2D eigenvalue weighted by molar-refractivity contribution is -0.123. The number of carbonyl (C=O) groups is 3. The number of rotatable bonds is 7. The van der Waals surface area contributed by atoms with Crippen LogP contribution in [0.5, 0.6) is 0 Å². The van der Waals surface area contributed by atoms with Crippen LogP contribution in [0, 0.1) is 5.92 Å². The molecule has 1 aromatic heterocycles. The summed E-state index contributed by atoms with van der Waals surface area (Å²) in [5.74, 6) is -2.20. The van der Waals surface area contributed by atoms with Gasteiger partial charge in [-0.15, -0.1) is 0 Å². The molecular weight excluding hydrogens is 529 g/mol. The Kier molecular flexibility index (Phi) is 8.77. The Labute approximate surface area is 221 Å². The quantitative estimate of drug-likeness (QED) is 0.415. The average Bonchev–Trinajstić information content (AvgIpc) is 3.39. The standard InChI is InChI=1S/C24H28ClF3N6O4/c25-17-6-5-16(34-7-9-38-10-8-34)11-18(17)33-21(35)14-1-3-15(4-2-14)32-23(37)20-19(30-13-31-20)22(36)29-12-24(26,27)28/h5-6,11,13-15H,1-4,7-10,12H2,(H,29,36)(H,30,31)(H,32,37)(H,33,35). The smallest absolute Gasteiger partial charge is 0.378 e. The summed E-state index contributed by atoms with van der Waals surface area (Å²) in [4.78, 5) is 46.0. The van der Waals surface area contributed by atoms with E-state index in [1.165, 1.54) is 0 Å². The van der Waals surface area contributed by atoms with E-state index < -0.39 is 24.5 Å². The number of H-pyrrole nitrogens is 1. The molecule has 38 heavy (non-hydrogen) atoms. The van der Waals surface area contributed by atoms with Crippen LogP contribution in [0.2, 0.25) is 5.02 Å². The normalized spacial score (nSPS) is 20.1. The van der Waals surface area contributed by atoms with Crippen molar-refractivity contribution in [1.82, 2.24) is 20.6 Å². The molecule has 4 N–H and O–H groups in total. The second-order valence-corrected chi connectivity index (χ2v) is 9.61. The maximum absolute atomic E-state index is 12.9. The number of nitrogens with one attached hydrogen (secondary N) is 4. The molecule has 1 aliphatic carbocycles. The van der Waals surface area contributed by atoms with E-state index >= 15 is 0 Å². The van der Waals surface area contributed by atoms with Gasteiger partial charge in [-0.2, -0.15) is 13.2 Å². The minimum Gasteiger partial charge on any atom is -0.378 e. The van der Waals surface area contributed by atoms with Crippen LogP contribution < -0.4 is 20.9 Å². The van der Waals surface area contributed by atoms with E-state index in [0.29, 0.717) is 49.6 Å². The van der Waals surface area contributed by atoms with Crippen molar-refractivity contribution in [1.29, 1.82) is 0 Å². The van der Waals surface area contributed by atoms with Crippen molar-refractivity contribution in [3.63, 3.8) is 0 Å². The van der Waals surface area contributed by atoms with E-state index in [-0.39, 0.29) is 29.3 Å². The number of nitrogens with zero attached hydrogens (tertiary/aromatic N) is 2. The Balaban J connectivity index is 1.28. The summed E-state index contributed by atoms with van der Waals surface area (Å²) in [5.41, 5.74) is 0.838. The van der Waals surface area contributed by atoms with Crippen LogP contribution in [0.15, 0.2) is 24.5 Å². The van der Waals surface area contributed by atoms with Crippen LogP contribution >= 0.6 is 11.6 Å². The van der Waals surface area contributed by atoms with Crippen molar-refractivity contribution in [2.75, 3.05) is 43.1 Å². The van der Waals surface area contributed by atoms with Gasteiger partial charge in [0.25, 0.3) is 11.8 Å². The number of carbonyl (C=O) groups excluding carboxylic acids is 3. The Morgan fingerprint density at radius 2 is 1.82 bits per heavy atom. The molecule has 1 saturated carbocycles. The predicted molar refractivity (Wildman–Crippen MR) is 133 cm³/mol. The zero-order valence-corrected chi connectivity index (χ0v) is 21.1. The van der Waals surface area contributed by atoms with Crippen LogP contribution in [-0.4, -0.2) is 72.8 Å². The molecule has 1 aliphatic heterocycles. The van der Waals surface area contributed by atoms with E-state index in [9.17, 15) is 27.6 Å². The van der Waals surface area contributed by atoms with E-state index in [0.717, 1.165) is 25.1 Å². The fraction of sp³-hybridized carbons (Fsp3) is 0.500. The molecule has 0 atom stereocenters. The molecule has 2 heterocycles. The summed E-state index contributed by atoms with van der Waals surface area (Å²) in [6.45, 7) is 1.25. The minimum atomic E-state index is -4.58. The van der Waals surface area contributed by atoms with Crippen molar-refractivity contribution >= 4 is 40.7 Å². The minimum absolute atomic E-state index is 0.160.